The van der Waals surface area contributed by atoms with Crippen molar-refractivity contribution in [3.63, 3.8) is 0 Å². The third-order valence-electron chi connectivity index (χ3n) is 20.1. The summed E-state index contributed by atoms with van der Waals surface area (Å²) in [6.45, 7) is 3.75. The number of methoxy groups -OCH3 is 1. The second-order valence-electron chi connectivity index (χ2n) is 25.4. The number of nitrogens with one attached hydrogen (secondary N) is 4. The predicted molar refractivity (Wildman–Crippen MR) is 323 cm³/mol. The fourth-order valence-corrected chi connectivity index (χ4v) is 15.5. The fraction of sp³-hybridized carbons (Fsp3) is 0.514. The van der Waals surface area contributed by atoms with Crippen molar-refractivity contribution < 1.29 is 39.9 Å². The van der Waals surface area contributed by atoms with Crippen molar-refractivity contribution in [2.45, 2.75) is 164 Å². The number of Topliss-reactive ketones (excluding diaryl/α,β-unsaturated/α-hetero) is 2. The van der Waals surface area contributed by atoms with Gasteiger partial charge in [0.15, 0.2) is 29.2 Å². The van der Waals surface area contributed by atoms with Gasteiger partial charge in [-0.15, -0.1) is 0 Å². The molecule has 82 heavy (non-hydrogen) atoms. The number of carbonyl (C=O) groups is 2. The Labute approximate surface area is 484 Å². The zero-order valence-electron chi connectivity index (χ0n) is 48.1. The number of allylic oxidation sites excluding steroid dienone is 2. The normalized spacial score (nSPS) is 28.6. The monoisotopic (exact) mass is 1110 g/mol. The molecule has 4 aromatic carbocycles. The number of aromatic amines is 1. The molecule has 4 aliphatic carbocycles. The summed E-state index contributed by atoms with van der Waals surface area (Å²) in [7, 11) is 1.49. The van der Waals surface area contributed by atoms with Gasteiger partial charge < -0.3 is 51.2 Å². The Morgan fingerprint density at radius 1 is 0.780 bits per heavy atom. The lowest BCUT2D eigenvalue weighted by atomic mass is 9.60. The zero-order chi connectivity index (χ0) is 56.9. The molecule has 12 heteroatoms. The van der Waals surface area contributed by atoms with E-state index in [-0.39, 0.29) is 53.8 Å². The van der Waals surface area contributed by atoms with Crippen molar-refractivity contribution in [1.82, 2.24) is 15.6 Å². The number of ketones is 2. The molecule has 1 aromatic heterocycles. The van der Waals surface area contributed by atoms with Crippen molar-refractivity contribution in [1.29, 1.82) is 0 Å². The van der Waals surface area contributed by atoms with Crippen LogP contribution in [0.2, 0.25) is 0 Å². The summed E-state index contributed by atoms with van der Waals surface area (Å²) in [6.07, 6.45) is 18.5. The Morgan fingerprint density at radius 2 is 1.57 bits per heavy atom. The molecule has 1 spiro atoms. The molecule has 12 nitrogen and oxygen atoms in total. The molecule has 11 rings (SSSR count). The van der Waals surface area contributed by atoms with E-state index in [4.69, 9.17) is 4.74 Å². The van der Waals surface area contributed by atoms with Gasteiger partial charge in [-0.2, -0.15) is 0 Å². The minimum Gasteiger partial charge on any atom is -0.507 e. The van der Waals surface area contributed by atoms with E-state index in [1.807, 2.05) is 60.7 Å². The number of aliphatic hydroxyl groups is 3. The molecule has 3 fully saturated rings. The molecule has 6 aliphatic rings. The number of benzene rings is 4. The number of ether oxygens (including phenoxy) is 1. The number of H-pyrrole nitrogens is 1. The molecular formula is C70H86N4O8. The second-order valence-corrected chi connectivity index (χ2v) is 25.4. The predicted octanol–water partition coefficient (Wildman–Crippen LogP) is 11.5. The van der Waals surface area contributed by atoms with Gasteiger partial charge in [0.05, 0.1) is 25.2 Å². The zero-order valence-corrected chi connectivity index (χ0v) is 48.1. The van der Waals surface area contributed by atoms with Gasteiger partial charge in [-0.1, -0.05) is 131 Å². The number of aromatic nitrogens is 1. The van der Waals surface area contributed by atoms with Crippen molar-refractivity contribution in [3.05, 3.63) is 142 Å². The van der Waals surface area contributed by atoms with Gasteiger partial charge >= 0.3 is 0 Å². The van der Waals surface area contributed by atoms with E-state index in [1.165, 1.54) is 39.2 Å². The topological polar surface area (TPSA) is 196 Å². The fourth-order valence-electron chi connectivity index (χ4n) is 15.5. The summed E-state index contributed by atoms with van der Waals surface area (Å²) in [4.78, 5) is 33.7. The van der Waals surface area contributed by atoms with Gasteiger partial charge in [0.25, 0.3) is 0 Å². The van der Waals surface area contributed by atoms with Crippen LogP contribution in [0.25, 0.3) is 10.8 Å². The molecule has 0 unspecified atom stereocenters. The Hall–Kier alpha value is -6.36. The highest BCUT2D eigenvalue weighted by Crippen LogP contribution is 2.52. The van der Waals surface area contributed by atoms with Crippen molar-refractivity contribution in [2.24, 2.45) is 35.5 Å². The number of hydrogen-bond acceptors (Lipinski definition) is 11. The molecule has 434 valence electrons. The van der Waals surface area contributed by atoms with Crippen LogP contribution in [0.15, 0.2) is 109 Å². The first-order chi connectivity index (χ1) is 39.8. The number of aromatic hydroxyl groups is 2. The Kier molecular flexibility index (Phi) is 18.0. The number of anilines is 1. The Balaban J connectivity index is 1.05. The summed E-state index contributed by atoms with van der Waals surface area (Å²) in [5.74, 6) is 6.12. The molecule has 0 amide bonds. The van der Waals surface area contributed by atoms with Gasteiger partial charge in [-0.25, -0.2) is 0 Å². The summed E-state index contributed by atoms with van der Waals surface area (Å²) in [5.41, 5.74) is 6.66. The maximum absolute atomic E-state index is 15.5. The minimum absolute atomic E-state index is 0.00143. The first kappa shape index (κ1) is 57.5. The lowest BCUT2D eigenvalue weighted by molar-refractivity contribution is -0.142. The lowest BCUT2D eigenvalue weighted by Gasteiger charge is -2.47. The number of phenolic OH excluding ortho intramolecular Hbond substituents is 2. The minimum atomic E-state index is -1.84. The third kappa shape index (κ3) is 12.6. The number of aliphatic hydroxyl groups excluding tert-OH is 3. The highest BCUT2D eigenvalue weighted by Gasteiger charge is 2.50. The maximum atomic E-state index is 15.5. The maximum Gasteiger partial charge on any atom is 0.173 e. The summed E-state index contributed by atoms with van der Waals surface area (Å²) < 4.78 is 5.58. The first-order valence-electron chi connectivity index (χ1n) is 31.0. The van der Waals surface area contributed by atoms with Crippen LogP contribution >= 0.6 is 0 Å². The molecule has 5 aromatic rings. The van der Waals surface area contributed by atoms with Crippen LogP contribution in [0.1, 0.15) is 161 Å². The largest absolute Gasteiger partial charge is 0.507 e. The molecule has 10 atom stereocenters. The van der Waals surface area contributed by atoms with Gasteiger partial charge in [-0.3, -0.25) is 9.59 Å². The van der Waals surface area contributed by atoms with E-state index < -0.39 is 53.0 Å². The van der Waals surface area contributed by atoms with E-state index in [9.17, 15) is 30.3 Å². The molecule has 0 saturated heterocycles. The quantitative estimate of drug-likeness (QED) is 0.0600. The third-order valence-corrected chi connectivity index (χ3v) is 20.1. The Morgan fingerprint density at radius 3 is 2.38 bits per heavy atom. The van der Waals surface area contributed by atoms with Crippen LogP contribution in [0.3, 0.4) is 0 Å². The number of hydrogen-bond donors (Lipinski definition) is 9. The van der Waals surface area contributed by atoms with Crippen LogP contribution in [0, 0.1) is 47.3 Å². The number of β-amino-alcohol motifs (C(OH)–C–C–N with tert-alkyl or cyclic N) is 1. The van der Waals surface area contributed by atoms with Gasteiger partial charge in [0, 0.05) is 72.7 Å². The van der Waals surface area contributed by atoms with Crippen LogP contribution in [0.5, 0.6) is 17.2 Å². The van der Waals surface area contributed by atoms with Gasteiger partial charge in [0.2, 0.25) is 0 Å². The number of fused-ring (bicyclic) bond motifs is 10. The smallest absolute Gasteiger partial charge is 0.173 e. The average Bonchev–Trinajstić information content (AvgIpc) is 3.96. The van der Waals surface area contributed by atoms with Crippen molar-refractivity contribution in [2.75, 3.05) is 32.1 Å². The molecule has 9 N–H and O–H groups in total. The molecule has 0 radical (unpaired) electrons. The van der Waals surface area contributed by atoms with E-state index in [0.29, 0.717) is 62.2 Å². The molecule has 9 bridgehead atoms. The number of phenols is 2. The summed E-state index contributed by atoms with van der Waals surface area (Å²) >= 11 is 0. The molecule has 3 saturated carbocycles. The second kappa shape index (κ2) is 25.6. The molecule has 2 aliphatic heterocycles. The SMILES string of the molecule is COc1cc2c(cc1O)[C@@H](c1ccccc1)C#C[C@H]1C[C@H]3CC4=CCNC(=C4)Nc4ccc5ccc(c(O)c5c4)C[C@H](O)CNC[C@@H](C)c4c[nH]c(c4)C4(CCCCC4)[C@H](O)[C@@H](CCC4CCCCC4)[C@@H](C3)C[C@@H]1C(=O)[C@@H](O)C(=O)CC2. The van der Waals surface area contributed by atoms with Gasteiger partial charge in [0.1, 0.15) is 11.6 Å². The Bertz CT molecular complexity index is 3190. The first-order valence-corrected chi connectivity index (χ1v) is 31.0. The standard InChI is InChI=1S/C70H86N4O8/c1-43-40-71-42-55(75)34-51-18-17-48-19-22-54(38-60(48)66(51)78)74-65-33-45(26-29-72-65)30-46-31-49-20-24-56(47-14-8-4-9-15-47)58-39-62(77)63(82-2)36-50(58)21-25-61(76)68(80)67(79)59(49)35-52(32-46)57(23-16-44-12-6-3-7-13-44)69(81)70(27-10-5-11-28-70)64-37-53(43)41-73-64/h4,8-9,14-15,17-19,22,26,33,36-39,41,43-44,46,49,52,55-57,59,68-69,71-75,77-78,80-81H,3,5-7,10-13,16,21,23,25,27-32,34-35,40,42H2,1-2H3/t43-,46-,49+,52+,55+,56-,57+,59+,68+,69-/m1/s1. The summed E-state index contributed by atoms with van der Waals surface area (Å²) in [6, 6.07) is 25.6. The average molecular weight is 1110 g/mol. The van der Waals surface area contributed by atoms with Gasteiger partial charge in [-0.05, 0) is 156 Å². The summed E-state index contributed by atoms with van der Waals surface area (Å²) in [5, 5.41) is 72.7. The highest BCUT2D eigenvalue weighted by molar-refractivity contribution is 6.06. The van der Waals surface area contributed by atoms with Crippen LogP contribution < -0.4 is 20.7 Å². The van der Waals surface area contributed by atoms with E-state index in [2.05, 4.69) is 64.1 Å². The van der Waals surface area contributed by atoms with Crippen LogP contribution in [-0.2, 0) is 27.8 Å². The van der Waals surface area contributed by atoms with Crippen LogP contribution in [0.4, 0.5) is 5.69 Å². The molecule has 3 heterocycles. The molecular weight excluding hydrogens is 1020 g/mol. The van der Waals surface area contributed by atoms with Crippen LogP contribution in [-0.4, -0.2) is 87.1 Å². The van der Waals surface area contributed by atoms with E-state index >= 15 is 4.79 Å². The number of aryl methyl sites for hydroxylation is 1. The number of carbonyl (C=O) groups excluding carboxylic acids is 2. The lowest BCUT2D eigenvalue weighted by Crippen LogP contribution is -2.48. The number of rotatable bonds is 5. The van der Waals surface area contributed by atoms with E-state index in [0.717, 1.165) is 102 Å². The highest BCUT2D eigenvalue weighted by atomic mass is 16.5. The van der Waals surface area contributed by atoms with Crippen molar-refractivity contribution >= 4 is 28.0 Å². The van der Waals surface area contributed by atoms with E-state index in [1.54, 1.807) is 12.1 Å². The van der Waals surface area contributed by atoms with Crippen molar-refractivity contribution in [3.8, 4) is 29.1 Å². The number of dihydropyridines is 1.